The van der Waals surface area contributed by atoms with Gasteiger partial charge in [-0.05, 0) is 72.8 Å². The maximum absolute atomic E-state index is 5.69. The Morgan fingerprint density at radius 1 is 0.306 bits per heavy atom. The molecule has 2 aromatic carbocycles. The summed E-state index contributed by atoms with van der Waals surface area (Å²) in [5.41, 5.74) is 3.04. The summed E-state index contributed by atoms with van der Waals surface area (Å²) >= 11 is 19.1. The molecule has 62 heavy (non-hydrogen) atoms. The SMILES string of the molecule is SCCCCCCCCCCCCCCCCCCCCC(S)C(CCCCCCCCCCCCCCCCCCCCS)(c1ccccc1)C(CCCS)c1ccccc1. The molecule has 4 heteroatoms. The van der Waals surface area contributed by atoms with Gasteiger partial charge in [0.1, 0.15) is 0 Å². The van der Waals surface area contributed by atoms with Crippen LogP contribution >= 0.6 is 50.5 Å². The summed E-state index contributed by atoms with van der Waals surface area (Å²) in [6.45, 7) is 0. The van der Waals surface area contributed by atoms with Crippen LogP contribution in [-0.4, -0.2) is 22.5 Å². The van der Waals surface area contributed by atoms with E-state index < -0.39 is 0 Å². The molecule has 2 aromatic rings. The van der Waals surface area contributed by atoms with Gasteiger partial charge in [0, 0.05) is 10.7 Å². The monoisotopic (exact) mass is 927 g/mol. The quantitative estimate of drug-likeness (QED) is 0.0369. The predicted molar refractivity (Wildman–Crippen MR) is 296 cm³/mol. The Morgan fingerprint density at radius 3 is 0.935 bits per heavy atom. The van der Waals surface area contributed by atoms with Crippen molar-refractivity contribution in [3.8, 4) is 0 Å². The first kappa shape index (κ1) is 58.0. The molecule has 0 heterocycles. The molecule has 0 spiro atoms. The Hall–Kier alpha value is -0.160. The first-order valence-electron chi connectivity index (χ1n) is 27.3. The highest BCUT2D eigenvalue weighted by Crippen LogP contribution is 2.51. The zero-order valence-corrected chi connectivity index (χ0v) is 44.2. The third-order valence-corrected chi connectivity index (χ3v) is 15.9. The van der Waals surface area contributed by atoms with Crippen molar-refractivity contribution in [2.75, 3.05) is 17.3 Å². The summed E-state index contributed by atoms with van der Waals surface area (Å²) in [4.78, 5) is 0. The van der Waals surface area contributed by atoms with Crippen LogP contribution in [0.1, 0.15) is 274 Å². The Labute approximate surface area is 410 Å². The summed E-state index contributed by atoms with van der Waals surface area (Å²) in [6.07, 6.45) is 55.5. The van der Waals surface area contributed by atoms with Crippen LogP contribution < -0.4 is 0 Å². The Morgan fingerprint density at radius 2 is 0.597 bits per heavy atom. The van der Waals surface area contributed by atoms with E-state index >= 15 is 0 Å². The van der Waals surface area contributed by atoms with E-state index in [0.29, 0.717) is 11.2 Å². The molecule has 0 aliphatic heterocycles. The van der Waals surface area contributed by atoms with E-state index in [1.54, 1.807) is 0 Å². The molecule has 358 valence electrons. The van der Waals surface area contributed by atoms with Crippen LogP contribution in [0.2, 0.25) is 0 Å². The fourth-order valence-corrected chi connectivity index (χ4v) is 11.7. The van der Waals surface area contributed by atoms with Crippen molar-refractivity contribution in [3.63, 3.8) is 0 Å². The van der Waals surface area contributed by atoms with E-state index in [2.05, 4.69) is 85.9 Å². The molecule has 0 radical (unpaired) electrons. The van der Waals surface area contributed by atoms with Crippen molar-refractivity contribution < 1.29 is 0 Å². The molecule has 0 aliphatic carbocycles. The minimum atomic E-state index is 0.0205. The molecule has 0 bridgehead atoms. The number of unbranched alkanes of at least 4 members (excludes halogenated alkanes) is 34. The van der Waals surface area contributed by atoms with Crippen LogP contribution in [0.15, 0.2) is 60.7 Å². The van der Waals surface area contributed by atoms with E-state index in [1.807, 2.05) is 0 Å². The molecule has 0 saturated carbocycles. The third-order valence-electron chi connectivity index (χ3n) is 14.3. The van der Waals surface area contributed by atoms with Gasteiger partial charge in [-0.25, -0.2) is 0 Å². The second-order valence-corrected chi connectivity index (χ2v) is 21.4. The smallest absolute Gasteiger partial charge is 0.0138 e. The Balaban J connectivity index is 1.77. The summed E-state index contributed by atoms with van der Waals surface area (Å²) in [7, 11) is 0. The first-order chi connectivity index (χ1) is 30.7. The maximum atomic E-state index is 5.69. The number of thiol groups is 4. The lowest BCUT2D eigenvalue weighted by molar-refractivity contribution is 0.271. The van der Waals surface area contributed by atoms with E-state index in [1.165, 1.54) is 262 Å². The van der Waals surface area contributed by atoms with E-state index in [4.69, 9.17) is 25.3 Å². The fraction of sp³-hybridized carbons (Fsp3) is 0.793. The largest absolute Gasteiger partial charge is 0.179 e. The first-order valence-corrected chi connectivity index (χ1v) is 29.7. The maximum Gasteiger partial charge on any atom is 0.0138 e. The van der Waals surface area contributed by atoms with Crippen LogP contribution in [0.25, 0.3) is 0 Å². The Bertz CT molecular complexity index is 1170. The van der Waals surface area contributed by atoms with E-state index in [-0.39, 0.29) is 5.41 Å². The summed E-state index contributed by atoms with van der Waals surface area (Å²) < 4.78 is 0. The molecule has 3 atom stereocenters. The van der Waals surface area contributed by atoms with Crippen LogP contribution in [0.3, 0.4) is 0 Å². The van der Waals surface area contributed by atoms with Gasteiger partial charge in [0.2, 0.25) is 0 Å². The van der Waals surface area contributed by atoms with Crippen molar-refractivity contribution in [1.29, 1.82) is 0 Å². The molecule has 2 rings (SSSR count). The molecule has 0 nitrogen and oxygen atoms in total. The normalized spacial score (nSPS) is 13.7. The van der Waals surface area contributed by atoms with Crippen molar-refractivity contribution in [2.24, 2.45) is 0 Å². The lowest BCUT2D eigenvalue weighted by atomic mass is 9.60. The predicted octanol–water partition coefficient (Wildman–Crippen LogP) is 20.4. The van der Waals surface area contributed by atoms with Crippen molar-refractivity contribution in [3.05, 3.63) is 71.8 Å². The average Bonchev–Trinajstić information content (AvgIpc) is 3.30. The fourth-order valence-electron chi connectivity index (χ4n) is 10.5. The topological polar surface area (TPSA) is 0 Å². The highest BCUT2D eigenvalue weighted by atomic mass is 32.1. The molecule has 0 N–H and O–H groups in total. The number of benzene rings is 2. The minimum absolute atomic E-state index is 0.0205. The van der Waals surface area contributed by atoms with Gasteiger partial charge in [-0.1, -0.05) is 279 Å². The van der Waals surface area contributed by atoms with Gasteiger partial charge >= 0.3 is 0 Å². The van der Waals surface area contributed by atoms with Gasteiger partial charge in [-0.3, -0.25) is 0 Å². The van der Waals surface area contributed by atoms with Crippen LogP contribution in [0.4, 0.5) is 0 Å². The molecule has 0 aliphatic rings. The third kappa shape index (κ3) is 28.8. The standard InChI is InChI=1S/C58H102S4/c59-51-41-31-27-23-19-15-11-7-3-1-5-9-13-17-21-25-29-39-49-57(62)58(55-46-37-34-38-47-55,56(48-43-53-61)54-44-35-33-36-45-54)50-40-30-26-22-18-14-10-6-2-4-8-12-16-20-24-28-32-42-52-60/h33-38,44-47,56-57,59-62H,1-32,39-43,48-53H2. The average molecular weight is 928 g/mol. The zero-order valence-electron chi connectivity index (χ0n) is 40.6. The van der Waals surface area contributed by atoms with Gasteiger partial charge in [0.25, 0.3) is 0 Å². The van der Waals surface area contributed by atoms with Gasteiger partial charge in [-0.2, -0.15) is 50.5 Å². The van der Waals surface area contributed by atoms with Gasteiger partial charge in [0.05, 0.1) is 0 Å². The van der Waals surface area contributed by atoms with Crippen molar-refractivity contribution in [2.45, 2.75) is 273 Å². The van der Waals surface area contributed by atoms with Crippen LogP contribution in [0, 0.1) is 0 Å². The highest BCUT2D eigenvalue weighted by Gasteiger charge is 2.45. The molecular weight excluding hydrogens is 825 g/mol. The minimum Gasteiger partial charge on any atom is -0.179 e. The number of hydrogen-bond acceptors (Lipinski definition) is 4. The number of rotatable bonds is 47. The lowest BCUT2D eigenvalue weighted by Gasteiger charge is -2.47. The van der Waals surface area contributed by atoms with Crippen LogP contribution in [0.5, 0.6) is 0 Å². The van der Waals surface area contributed by atoms with E-state index in [0.717, 1.165) is 23.7 Å². The van der Waals surface area contributed by atoms with Crippen molar-refractivity contribution in [1.82, 2.24) is 0 Å². The summed E-state index contributed by atoms with van der Waals surface area (Å²) in [6, 6.07) is 23.2. The van der Waals surface area contributed by atoms with Crippen LogP contribution in [-0.2, 0) is 5.41 Å². The van der Waals surface area contributed by atoms with Gasteiger partial charge in [0.15, 0.2) is 0 Å². The van der Waals surface area contributed by atoms with Gasteiger partial charge in [-0.15, -0.1) is 0 Å². The van der Waals surface area contributed by atoms with Gasteiger partial charge < -0.3 is 0 Å². The molecule has 0 saturated heterocycles. The second kappa shape index (κ2) is 43.4. The molecular formula is C58H102S4. The van der Waals surface area contributed by atoms with Crippen molar-refractivity contribution >= 4 is 50.5 Å². The highest BCUT2D eigenvalue weighted by molar-refractivity contribution is 7.81. The van der Waals surface area contributed by atoms with E-state index in [9.17, 15) is 0 Å². The number of hydrogen-bond donors (Lipinski definition) is 4. The summed E-state index contributed by atoms with van der Waals surface area (Å²) in [5, 5.41) is 0.339. The molecule has 0 amide bonds. The Kier molecular flexibility index (Phi) is 40.6. The zero-order chi connectivity index (χ0) is 44.3. The summed E-state index contributed by atoms with van der Waals surface area (Å²) in [5.74, 6) is 3.51. The molecule has 3 unspecified atom stereocenters. The molecule has 0 fully saturated rings. The molecule has 0 aromatic heterocycles. The second-order valence-electron chi connectivity index (χ2n) is 19.5. The lowest BCUT2D eigenvalue weighted by Crippen LogP contribution is -2.43.